The van der Waals surface area contributed by atoms with E-state index in [2.05, 4.69) is 167 Å². The van der Waals surface area contributed by atoms with Gasteiger partial charge in [-0.1, -0.05) is 70.2 Å². The van der Waals surface area contributed by atoms with E-state index in [4.69, 9.17) is 0 Å². The van der Waals surface area contributed by atoms with Crippen LogP contribution < -0.4 is 24.7 Å². The van der Waals surface area contributed by atoms with E-state index in [1.165, 1.54) is 33.6 Å². The van der Waals surface area contributed by atoms with Crippen molar-refractivity contribution in [3.63, 3.8) is 0 Å². The molecular weight excluding hydrogens is 653 g/mol. The Bertz CT molecular complexity index is 1510. The molecule has 50 heavy (non-hydrogen) atoms. The fourth-order valence-electron chi connectivity index (χ4n) is 5.87. The summed E-state index contributed by atoms with van der Waals surface area (Å²) in [5.41, 5.74) is 7.81. The van der Waals surface area contributed by atoms with Crippen LogP contribution in [0.3, 0.4) is 0 Å². The van der Waals surface area contributed by atoms with Gasteiger partial charge in [-0.05, 0) is 87.0 Å². The summed E-state index contributed by atoms with van der Waals surface area (Å²) in [4.78, 5) is 4.80. The van der Waals surface area contributed by atoms with Crippen LogP contribution in [-0.2, 0) is 13.1 Å². The summed E-state index contributed by atoms with van der Waals surface area (Å²) >= 11 is 0. The van der Waals surface area contributed by atoms with Gasteiger partial charge in [0.2, 0.25) is 0 Å². The average molecular weight is 713 g/mol. The van der Waals surface area contributed by atoms with Crippen molar-refractivity contribution in [1.29, 1.82) is 0 Å². The first-order chi connectivity index (χ1) is 24.6. The van der Waals surface area contributed by atoms with Crippen LogP contribution in [0.15, 0.2) is 103 Å². The Labute approximate surface area is 310 Å². The van der Waals surface area contributed by atoms with Gasteiger partial charge in [-0.2, -0.15) is 0 Å². The van der Waals surface area contributed by atoms with E-state index in [-0.39, 0.29) is 0 Å². The molecule has 2 aromatic heterocycles. The van der Waals surface area contributed by atoms with E-state index in [9.17, 15) is 0 Å². The molecule has 0 saturated heterocycles. The number of allylic oxidation sites excluding steroid dienone is 4. The van der Waals surface area contributed by atoms with Crippen LogP contribution in [0.2, 0.25) is 0 Å². The average Bonchev–Trinajstić information content (AvgIpc) is 3.16. The monoisotopic (exact) mass is 712 g/mol. The number of aromatic nitrogens is 2. The minimum Gasteiger partial charge on any atom is -0.374 e. The van der Waals surface area contributed by atoms with Crippen LogP contribution in [0.25, 0.3) is 18.2 Å². The predicted octanol–water partition coefficient (Wildman–Crippen LogP) is 7.50. The first kappa shape index (κ1) is 39.5. The predicted molar refractivity (Wildman–Crippen MR) is 220 cm³/mol. The van der Waals surface area contributed by atoms with Crippen molar-refractivity contribution in [1.82, 2.24) is 15.5 Å². The van der Waals surface area contributed by atoms with Crippen molar-refractivity contribution in [3.8, 4) is 0 Å². The van der Waals surface area contributed by atoms with E-state index in [0.717, 1.165) is 89.5 Å². The fourth-order valence-corrected chi connectivity index (χ4v) is 7.77. The van der Waals surface area contributed by atoms with Crippen LogP contribution in [-0.4, -0.2) is 69.8 Å². The summed E-state index contributed by atoms with van der Waals surface area (Å²) in [5.74, 6) is 2.28. The molecular formula is C42H60N6S2+2. The second kappa shape index (κ2) is 23.2. The van der Waals surface area contributed by atoms with Crippen molar-refractivity contribution in [2.45, 2.75) is 52.6 Å². The molecule has 0 amide bonds. The number of hydrogen-bond donors (Lipinski definition) is 2. The van der Waals surface area contributed by atoms with Crippen molar-refractivity contribution in [3.05, 3.63) is 120 Å². The maximum absolute atomic E-state index is 3.64. The molecule has 0 spiro atoms. The van der Waals surface area contributed by atoms with Crippen molar-refractivity contribution < 1.29 is 9.13 Å². The zero-order valence-electron chi connectivity index (χ0n) is 30.9. The molecule has 3 aromatic rings. The Morgan fingerprint density at radius 3 is 1.84 bits per heavy atom. The Kier molecular flexibility index (Phi) is 18.3. The number of pyridine rings is 2. The number of nitrogens with one attached hydrogen (secondary N) is 2. The lowest BCUT2D eigenvalue weighted by Gasteiger charge is -2.25. The molecule has 0 saturated carbocycles. The van der Waals surface area contributed by atoms with Gasteiger partial charge in [0.05, 0.1) is 0 Å². The summed E-state index contributed by atoms with van der Waals surface area (Å²) < 4.78 is 4.38. The molecule has 0 fully saturated rings. The van der Waals surface area contributed by atoms with Gasteiger partial charge < -0.3 is 20.4 Å². The summed E-state index contributed by atoms with van der Waals surface area (Å²) in [6, 6.07) is 17.4. The number of benzene rings is 1. The molecule has 0 atom stereocenters. The highest BCUT2D eigenvalue weighted by molar-refractivity contribution is 8.76. The quantitative estimate of drug-likeness (QED) is 0.0603. The first-order valence-electron chi connectivity index (χ1n) is 18.5. The van der Waals surface area contributed by atoms with E-state index in [0.29, 0.717) is 0 Å². The smallest absolute Gasteiger partial charge is 0.169 e. The van der Waals surface area contributed by atoms with Crippen molar-refractivity contribution in [2.75, 3.05) is 69.8 Å². The number of anilines is 1. The normalized spacial score (nSPS) is 13.2. The second-order valence-electron chi connectivity index (χ2n) is 12.7. The topological polar surface area (TPSA) is 38.3 Å². The van der Waals surface area contributed by atoms with Crippen LogP contribution in [0.4, 0.5) is 5.69 Å². The Morgan fingerprint density at radius 2 is 1.24 bits per heavy atom. The Hall–Kier alpha value is -3.30. The van der Waals surface area contributed by atoms with E-state index >= 15 is 0 Å². The number of likely N-dealkylation sites (N-methyl/N-ethyl adjacent to an activating group) is 1. The molecule has 1 aliphatic rings. The fraction of sp³-hybridized carbons (Fsp3) is 0.429. The minimum atomic E-state index is 0.994. The van der Waals surface area contributed by atoms with E-state index in [1.807, 2.05) is 21.6 Å². The summed E-state index contributed by atoms with van der Waals surface area (Å²) in [6.07, 6.45) is 26.7. The number of para-hydroxylation sites is 1. The lowest BCUT2D eigenvalue weighted by Crippen LogP contribution is -2.30. The van der Waals surface area contributed by atoms with Gasteiger partial charge in [0.25, 0.3) is 0 Å². The van der Waals surface area contributed by atoms with Crippen LogP contribution in [0.1, 0.15) is 56.2 Å². The molecule has 0 bridgehead atoms. The third-order valence-corrected chi connectivity index (χ3v) is 11.4. The third kappa shape index (κ3) is 14.1. The molecule has 0 unspecified atom stereocenters. The first-order valence-corrected chi connectivity index (χ1v) is 21.0. The number of aryl methyl sites for hydroxylation is 2. The number of hydrogen-bond acceptors (Lipinski definition) is 6. The molecule has 6 nitrogen and oxygen atoms in total. The van der Waals surface area contributed by atoms with Gasteiger partial charge in [-0.25, -0.2) is 9.13 Å². The van der Waals surface area contributed by atoms with Crippen LogP contribution >= 0.6 is 21.6 Å². The van der Waals surface area contributed by atoms with E-state index in [1.54, 1.807) is 0 Å². The molecule has 2 heterocycles. The minimum absolute atomic E-state index is 0.994. The molecule has 0 radical (unpaired) electrons. The lowest BCUT2D eigenvalue weighted by molar-refractivity contribution is -0.693. The van der Waals surface area contributed by atoms with Gasteiger partial charge in [0.1, 0.15) is 13.1 Å². The molecule has 8 heteroatoms. The van der Waals surface area contributed by atoms with Crippen molar-refractivity contribution in [2.24, 2.45) is 0 Å². The van der Waals surface area contributed by atoms with Gasteiger partial charge in [0.15, 0.2) is 24.8 Å². The highest BCUT2D eigenvalue weighted by Crippen LogP contribution is 2.24. The molecule has 0 aliphatic heterocycles. The highest BCUT2D eigenvalue weighted by Gasteiger charge is 2.11. The lowest BCUT2D eigenvalue weighted by atomic mass is 10.00. The maximum atomic E-state index is 3.64. The molecule has 1 aromatic carbocycles. The number of nitrogens with zero attached hydrogens (tertiary/aromatic N) is 4. The standard InChI is InChI=1S/C42H60N6S2/c1-5-47-31-21-37(22-32-47)17-19-39-13-7-9-15-41(39)45(3)29-11-25-43-27-35-49-50-36-28-44-26-12-30-46(4)42-16-10-8-14-40(42)20-18-38-23-33-48(6-2)34-24-38/h7,9-10,13,15-24,31-34,43-44H,5-6,8,11-12,14,25-30,35-36H2,1-4H3/q+2. The third-order valence-electron chi connectivity index (χ3n) is 8.94. The highest BCUT2D eigenvalue weighted by atomic mass is 33.1. The van der Waals surface area contributed by atoms with Gasteiger partial charge in [-0.15, -0.1) is 0 Å². The van der Waals surface area contributed by atoms with Gasteiger partial charge in [-0.3, -0.25) is 0 Å². The Balaban J connectivity index is 1.01. The van der Waals surface area contributed by atoms with E-state index < -0.39 is 0 Å². The SMILES string of the molecule is CC[n+]1ccc(/C=C/C2=C(N(C)CCCNCCSSCCNCCCN(C)c3ccccc3/C=C/c3cc[n+](CC)cc3)C=CCC2)cc1. The summed E-state index contributed by atoms with van der Waals surface area (Å²) in [6.45, 7) is 12.6. The van der Waals surface area contributed by atoms with Crippen LogP contribution in [0, 0.1) is 0 Å². The summed E-state index contributed by atoms with van der Waals surface area (Å²) in [7, 11) is 8.39. The molecule has 1 aliphatic carbocycles. The largest absolute Gasteiger partial charge is 0.374 e. The molecule has 268 valence electrons. The second-order valence-corrected chi connectivity index (χ2v) is 15.4. The Morgan fingerprint density at radius 1 is 0.680 bits per heavy atom. The van der Waals surface area contributed by atoms with Gasteiger partial charge in [0, 0.05) is 87.4 Å². The zero-order chi connectivity index (χ0) is 35.2. The molecule has 4 rings (SSSR count). The molecule has 2 N–H and O–H groups in total. The van der Waals surface area contributed by atoms with Gasteiger partial charge >= 0.3 is 0 Å². The maximum Gasteiger partial charge on any atom is 0.169 e. The van der Waals surface area contributed by atoms with Crippen molar-refractivity contribution >= 4 is 45.5 Å². The zero-order valence-corrected chi connectivity index (χ0v) is 32.5. The number of rotatable bonds is 23. The summed E-state index contributed by atoms with van der Waals surface area (Å²) in [5, 5.41) is 7.27. The van der Waals surface area contributed by atoms with Crippen LogP contribution in [0.5, 0.6) is 0 Å².